The van der Waals surface area contributed by atoms with Crippen LogP contribution in [0.2, 0.25) is 0 Å². The number of amides is 1. The number of carbonyl (C=O) groups is 2. The van der Waals surface area contributed by atoms with E-state index in [9.17, 15) is 9.59 Å². The molecular weight excluding hydrogens is 314 g/mol. The highest BCUT2D eigenvalue weighted by atomic mass is 16.5. The molecule has 1 amide bonds. The summed E-state index contributed by atoms with van der Waals surface area (Å²) in [6, 6.07) is 3.04. The van der Waals surface area contributed by atoms with Gasteiger partial charge in [-0.15, -0.1) is 0 Å². The van der Waals surface area contributed by atoms with Crippen LogP contribution < -0.4 is 0 Å². The van der Waals surface area contributed by atoms with Crippen molar-refractivity contribution < 1.29 is 23.5 Å². The van der Waals surface area contributed by atoms with Crippen LogP contribution in [0.15, 0.2) is 22.7 Å². The Hall–Kier alpha value is -2.74. The molecule has 126 valence electrons. The first-order valence-electron chi connectivity index (χ1n) is 7.42. The quantitative estimate of drug-likeness (QED) is 0.777. The normalized spacial score (nSPS) is 13.5. The number of hydrogen-bond donors (Lipinski definition) is 0. The summed E-state index contributed by atoms with van der Waals surface area (Å²) in [6.45, 7) is 1.19. The Balaban J connectivity index is 1.72. The highest BCUT2D eigenvalue weighted by Crippen LogP contribution is 2.21. The second-order valence-corrected chi connectivity index (χ2v) is 5.31. The van der Waals surface area contributed by atoms with E-state index in [4.69, 9.17) is 9.15 Å². The fourth-order valence-electron chi connectivity index (χ4n) is 2.53. The van der Waals surface area contributed by atoms with Gasteiger partial charge in [-0.2, -0.15) is 0 Å². The maximum atomic E-state index is 12.6. The van der Waals surface area contributed by atoms with Crippen LogP contribution in [0, 0.1) is 0 Å². The largest absolute Gasteiger partial charge is 0.465 e. The van der Waals surface area contributed by atoms with Gasteiger partial charge in [0.2, 0.25) is 5.89 Å². The van der Waals surface area contributed by atoms with Gasteiger partial charge in [0, 0.05) is 26.3 Å². The van der Waals surface area contributed by atoms with Crippen molar-refractivity contribution in [3.8, 4) is 0 Å². The van der Waals surface area contributed by atoms with Crippen molar-refractivity contribution >= 4 is 11.9 Å². The molecule has 0 unspecified atom stereocenters. The molecule has 0 bridgehead atoms. The monoisotopic (exact) mass is 331 g/mol. The predicted octanol–water partition coefficient (Wildman–Crippen LogP) is 1.20. The van der Waals surface area contributed by atoms with Crippen LogP contribution in [0.1, 0.15) is 38.2 Å². The zero-order valence-electron chi connectivity index (χ0n) is 13.4. The lowest BCUT2D eigenvalue weighted by molar-refractivity contribution is 0.0598. The average molecular weight is 331 g/mol. The Labute approximate surface area is 138 Å². The molecule has 1 aliphatic heterocycles. The number of oxazole rings is 1. The summed E-state index contributed by atoms with van der Waals surface area (Å²) in [5.74, 6) is 0.600. The van der Waals surface area contributed by atoms with Crippen LogP contribution in [-0.2, 0) is 29.0 Å². The van der Waals surface area contributed by atoms with Gasteiger partial charge < -0.3 is 18.8 Å². The highest BCUT2D eigenvalue weighted by Gasteiger charge is 2.26. The fraction of sp³-hybridized carbons (Fsp3) is 0.375. The molecule has 3 rings (SSSR count). The van der Waals surface area contributed by atoms with Crippen molar-refractivity contribution in [2.45, 2.75) is 19.6 Å². The third-order valence-electron chi connectivity index (χ3n) is 3.73. The summed E-state index contributed by atoms with van der Waals surface area (Å²) >= 11 is 0. The van der Waals surface area contributed by atoms with E-state index in [0.717, 1.165) is 11.5 Å². The zero-order chi connectivity index (χ0) is 17.1. The van der Waals surface area contributed by atoms with Crippen molar-refractivity contribution in [2.24, 2.45) is 0 Å². The number of fused-ring (bicyclic) bond motifs is 1. The van der Waals surface area contributed by atoms with E-state index in [0.29, 0.717) is 37.6 Å². The van der Waals surface area contributed by atoms with Crippen LogP contribution in [0.5, 0.6) is 0 Å². The Morgan fingerprint density at radius 1 is 1.33 bits per heavy atom. The third kappa shape index (κ3) is 3.13. The minimum atomic E-state index is -0.489. The van der Waals surface area contributed by atoms with Gasteiger partial charge in [0.05, 0.1) is 19.2 Å². The molecular formula is C16H17N3O5. The molecule has 0 atom stereocenters. The molecule has 0 saturated heterocycles. The minimum Gasteiger partial charge on any atom is -0.465 e. The molecule has 0 fully saturated rings. The van der Waals surface area contributed by atoms with Gasteiger partial charge in [-0.1, -0.05) is 0 Å². The number of pyridine rings is 1. The molecule has 0 radical (unpaired) electrons. The number of hydrogen-bond acceptors (Lipinski definition) is 7. The molecule has 0 N–H and O–H groups in total. The molecule has 8 heteroatoms. The standard InChI is InChI=1S/C16H17N3O5/c1-22-9-14-18-12-8-19(6-5-13(12)24-14)15(20)11-4-3-10(7-17-11)16(21)23-2/h3-4,7H,5-6,8-9H2,1-2H3. The van der Waals surface area contributed by atoms with Crippen LogP contribution in [0.3, 0.4) is 0 Å². The Morgan fingerprint density at radius 3 is 2.83 bits per heavy atom. The second-order valence-electron chi connectivity index (χ2n) is 5.31. The molecule has 0 aliphatic carbocycles. The molecule has 0 spiro atoms. The van der Waals surface area contributed by atoms with Crippen molar-refractivity contribution in [2.75, 3.05) is 20.8 Å². The Kier molecular flexibility index (Phi) is 4.57. The first kappa shape index (κ1) is 16.1. The van der Waals surface area contributed by atoms with Gasteiger partial charge in [0.25, 0.3) is 5.91 Å². The van der Waals surface area contributed by atoms with Gasteiger partial charge in [-0.25, -0.2) is 9.78 Å². The van der Waals surface area contributed by atoms with E-state index < -0.39 is 5.97 Å². The third-order valence-corrected chi connectivity index (χ3v) is 3.73. The number of aromatic nitrogens is 2. The van der Waals surface area contributed by atoms with E-state index in [2.05, 4.69) is 14.7 Å². The van der Waals surface area contributed by atoms with Crippen LogP contribution >= 0.6 is 0 Å². The van der Waals surface area contributed by atoms with Gasteiger partial charge in [-0.3, -0.25) is 9.78 Å². The number of rotatable bonds is 4. The molecule has 8 nitrogen and oxygen atoms in total. The summed E-state index contributed by atoms with van der Waals surface area (Å²) in [5.41, 5.74) is 1.32. The first-order valence-corrected chi connectivity index (χ1v) is 7.42. The van der Waals surface area contributed by atoms with E-state index in [1.54, 1.807) is 12.0 Å². The second kappa shape index (κ2) is 6.79. The minimum absolute atomic E-state index is 0.214. The Bertz CT molecular complexity index is 754. The molecule has 3 heterocycles. The van der Waals surface area contributed by atoms with Crippen molar-refractivity contribution in [3.63, 3.8) is 0 Å². The van der Waals surface area contributed by atoms with Crippen molar-refractivity contribution in [3.05, 3.63) is 46.9 Å². The summed E-state index contributed by atoms with van der Waals surface area (Å²) < 4.78 is 15.2. The molecule has 2 aromatic heterocycles. The summed E-state index contributed by atoms with van der Waals surface area (Å²) in [4.78, 5) is 34.0. The average Bonchev–Trinajstić information content (AvgIpc) is 3.02. The highest BCUT2D eigenvalue weighted by molar-refractivity contribution is 5.94. The molecule has 1 aliphatic rings. The Morgan fingerprint density at radius 2 is 2.17 bits per heavy atom. The predicted molar refractivity (Wildman–Crippen MR) is 81.2 cm³/mol. The molecule has 24 heavy (non-hydrogen) atoms. The SMILES string of the molecule is COCc1nc2c(o1)CCN(C(=O)c1ccc(C(=O)OC)cn1)C2. The van der Waals surface area contributed by atoms with Crippen LogP contribution in [0.4, 0.5) is 0 Å². The number of carbonyl (C=O) groups excluding carboxylic acids is 2. The van der Waals surface area contributed by atoms with E-state index >= 15 is 0 Å². The summed E-state index contributed by atoms with van der Waals surface area (Å²) in [6.07, 6.45) is 1.93. The lowest BCUT2D eigenvalue weighted by atomic mass is 10.1. The first-order chi connectivity index (χ1) is 11.6. The number of nitrogens with zero attached hydrogens (tertiary/aromatic N) is 3. The zero-order valence-corrected chi connectivity index (χ0v) is 13.4. The molecule has 0 saturated carbocycles. The lowest BCUT2D eigenvalue weighted by Gasteiger charge is -2.24. The smallest absolute Gasteiger partial charge is 0.339 e. The topological polar surface area (TPSA) is 94.8 Å². The summed E-state index contributed by atoms with van der Waals surface area (Å²) in [5, 5.41) is 0. The number of ether oxygens (including phenoxy) is 2. The van der Waals surface area contributed by atoms with E-state index in [1.807, 2.05) is 0 Å². The van der Waals surface area contributed by atoms with Gasteiger partial charge >= 0.3 is 5.97 Å². The number of methoxy groups -OCH3 is 2. The maximum Gasteiger partial charge on any atom is 0.339 e. The van der Waals surface area contributed by atoms with Crippen LogP contribution in [-0.4, -0.2) is 47.5 Å². The molecule has 2 aromatic rings. The van der Waals surface area contributed by atoms with Gasteiger partial charge in [-0.05, 0) is 12.1 Å². The maximum absolute atomic E-state index is 12.6. The van der Waals surface area contributed by atoms with Crippen LogP contribution in [0.25, 0.3) is 0 Å². The molecule has 0 aromatic carbocycles. The fourth-order valence-corrected chi connectivity index (χ4v) is 2.53. The van der Waals surface area contributed by atoms with E-state index in [-0.39, 0.29) is 11.6 Å². The number of esters is 1. The van der Waals surface area contributed by atoms with Gasteiger partial charge in [0.15, 0.2) is 0 Å². The van der Waals surface area contributed by atoms with Crippen molar-refractivity contribution in [1.29, 1.82) is 0 Å². The lowest BCUT2D eigenvalue weighted by Crippen LogP contribution is -2.36. The van der Waals surface area contributed by atoms with Crippen molar-refractivity contribution in [1.82, 2.24) is 14.9 Å². The summed E-state index contributed by atoms with van der Waals surface area (Å²) in [7, 11) is 2.87. The van der Waals surface area contributed by atoms with Gasteiger partial charge in [0.1, 0.15) is 23.8 Å². The van der Waals surface area contributed by atoms with E-state index in [1.165, 1.54) is 25.4 Å².